The Balaban J connectivity index is 2.16. The van der Waals surface area contributed by atoms with Gasteiger partial charge in [0.25, 0.3) is 11.6 Å². The first kappa shape index (κ1) is 15.4. The average Bonchev–Trinajstić information content (AvgIpc) is 2.46. The molecular formula is C15H20N2O4. The summed E-state index contributed by atoms with van der Waals surface area (Å²) < 4.78 is 5.51. The molecule has 114 valence electrons. The monoisotopic (exact) mass is 292 g/mol. The molecule has 2 atom stereocenters. The molecule has 21 heavy (non-hydrogen) atoms. The summed E-state index contributed by atoms with van der Waals surface area (Å²) >= 11 is 0. The van der Waals surface area contributed by atoms with Crippen LogP contribution >= 0.6 is 0 Å². The minimum absolute atomic E-state index is 0.0743. The Bertz CT molecular complexity index is 585. The molecule has 0 heterocycles. The maximum Gasteiger partial charge on any atom is 0.282 e. The molecule has 0 unspecified atom stereocenters. The van der Waals surface area contributed by atoms with Gasteiger partial charge in [0.05, 0.1) is 10.5 Å². The van der Waals surface area contributed by atoms with Gasteiger partial charge >= 0.3 is 0 Å². The van der Waals surface area contributed by atoms with Crippen molar-refractivity contribution in [2.75, 3.05) is 7.11 Å². The lowest BCUT2D eigenvalue weighted by Gasteiger charge is -2.59. The van der Waals surface area contributed by atoms with Crippen molar-refractivity contribution in [1.29, 1.82) is 0 Å². The maximum absolute atomic E-state index is 12.3. The first-order chi connectivity index (χ1) is 9.73. The molecule has 6 nitrogen and oxygen atoms in total. The number of para-hydroxylation sites is 1. The third-order valence-corrected chi connectivity index (χ3v) is 4.93. The third kappa shape index (κ3) is 2.40. The van der Waals surface area contributed by atoms with Gasteiger partial charge in [-0.3, -0.25) is 14.9 Å². The van der Waals surface area contributed by atoms with Gasteiger partial charge in [0.15, 0.2) is 0 Å². The zero-order chi connectivity index (χ0) is 15.8. The molecule has 1 aromatic carbocycles. The number of carbonyl (C=O) groups is 1. The van der Waals surface area contributed by atoms with Gasteiger partial charge in [-0.15, -0.1) is 0 Å². The van der Waals surface area contributed by atoms with Crippen molar-refractivity contribution in [1.82, 2.24) is 5.32 Å². The van der Waals surface area contributed by atoms with E-state index in [1.54, 1.807) is 19.2 Å². The molecule has 0 spiro atoms. The Morgan fingerprint density at radius 3 is 2.52 bits per heavy atom. The molecule has 0 aromatic heterocycles. The van der Waals surface area contributed by atoms with Gasteiger partial charge in [-0.1, -0.05) is 26.0 Å². The van der Waals surface area contributed by atoms with Gasteiger partial charge in [-0.25, -0.2) is 0 Å². The Kier molecular flexibility index (Phi) is 3.76. The molecule has 1 aliphatic rings. The van der Waals surface area contributed by atoms with Crippen LogP contribution in [-0.4, -0.2) is 29.6 Å². The molecule has 1 aliphatic carbocycles. The fourth-order valence-electron chi connectivity index (χ4n) is 2.78. The summed E-state index contributed by atoms with van der Waals surface area (Å²) in [6, 6.07) is 5.89. The standard InChI is InChI=1S/C15H20N2O4/c1-14(2)12(9-15(14,3)21-4)16-13(18)10-7-5-6-8-11(10)17(19)20/h5-8,12H,9H2,1-4H3,(H,16,18)/t12-,15-/m1/s1. The summed E-state index contributed by atoms with van der Waals surface area (Å²) in [6.07, 6.45) is 0.683. The van der Waals surface area contributed by atoms with Crippen LogP contribution in [0.5, 0.6) is 0 Å². The number of hydrogen-bond acceptors (Lipinski definition) is 4. The minimum Gasteiger partial charge on any atom is -0.378 e. The van der Waals surface area contributed by atoms with Crippen LogP contribution < -0.4 is 5.32 Å². The fraction of sp³-hybridized carbons (Fsp3) is 0.533. The molecule has 0 aliphatic heterocycles. The normalized spacial score (nSPS) is 26.8. The smallest absolute Gasteiger partial charge is 0.282 e. The second-order valence-corrected chi connectivity index (χ2v) is 6.16. The predicted molar refractivity (Wildman–Crippen MR) is 78.2 cm³/mol. The van der Waals surface area contributed by atoms with E-state index < -0.39 is 10.8 Å². The molecule has 1 aromatic rings. The molecule has 6 heteroatoms. The Morgan fingerprint density at radius 2 is 2.00 bits per heavy atom. The second kappa shape index (κ2) is 5.11. The van der Waals surface area contributed by atoms with Crippen LogP contribution in [0.1, 0.15) is 37.6 Å². The van der Waals surface area contributed by atoms with Crippen LogP contribution in [0, 0.1) is 15.5 Å². The van der Waals surface area contributed by atoms with Crippen LogP contribution in [0.15, 0.2) is 24.3 Å². The van der Waals surface area contributed by atoms with E-state index in [0.29, 0.717) is 6.42 Å². The average molecular weight is 292 g/mol. The Morgan fingerprint density at radius 1 is 1.38 bits per heavy atom. The van der Waals surface area contributed by atoms with Crippen molar-refractivity contribution < 1.29 is 14.5 Å². The lowest BCUT2D eigenvalue weighted by Crippen LogP contribution is -2.68. The van der Waals surface area contributed by atoms with E-state index in [1.807, 2.05) is 20.8 Å². The van der Waals surface area contributed by atoms with Crippen molar-refractivity contribution in [2.45, 2.75) is 38.8 Å². The Hall–Kier alpha value is -1.95. The summed E-state index contributed by atoms with van der Waals surface area (Å²) in [5, 5.41) is 13.9. The van der Waals surface area contributed by atoms with Gasteiger partial charge in [0, 0.05) is 24.6 Å². The highest BCUT2D eigenvalue weighted by molar-refractivity contribution is 5.98. The summed E-state index contributed by atoms with van der Waals surface area (Å²) in [5.41, 5.74) is -0.625. The lowest BCUT2D eigenvalue weighted by molar-refractivity contribution is -0.385. The zero-order valence-electron chi connectivity index (χ0n) is 12.7. The van der Waals surface area contributed by atoms with Gasteiger partial charge in [-0.2, -0.15) is 0 Å². The van der Waals surface area contributed by atoms with E-state index in [4.69, 9.17) is 4.74 Å². The highest BCUT2D eigenvalue weighted by Gasteiger charge is 2.58. The van der Waals surface area contributed by atoms with E-state index in [2.05, 4.69) is 5.32 Å². The first-order valence-corrected chi connectivity index (χ1v) is 6.82. The molecule has 1 N–H and O–H groups in total. The largest absolute Gasteiger partial charge is 0.378 e. The number of rotatable bonds is 4. The number of carbonyl (C=O) groups excluding carboxylic acids is 1. The van der Waals surface area contributed by atoms with E-state index in [-0.39, 0.29) is 28.3 Å². The number of ether oxygens (including phenoxy) is 1. The van der Waals surface area contributed by atoms with Gasteiger partial charge in [-0.05, 0) is 19.4 Å². The molecule has 0 bridgehead atoms. The van der Waals surface area contributed by atoms with Crippen LogP contribution in [0.25, 0.3) is 0 Å². The number of nitro benzene ring substituents is 1. The number of nitrogens with one attached hydrogen (secondary N) is 1. The maximum atomic E-state index is 12.3. The van der Waals surface area contributed by atoms with E-state index >= 15 is 0 Å². The highest BCUT2D eigenvalue weighted by Crippen LogP contribution is 2.51. The number of nitrogens with zero attached hydrogens (tertiary/aromatic N) is 1. The van der Waals surface area contributed by atoms with Crippen LogP contribution in [-0.2, 0) is 4.74 Å². The van der Waals surface area contributed by atoms with Crippen molar-refractivity contribution in [3.05, 3.63) is 39.9 Å². The molecule has 1 amide bonds. The van der Waals surface area contributed by atoms with E-state index in [0.717, 1.165) is 0 Å². The van der Waals surface area contributed by atoms with E-state index in [1.165, 1.54) is 12.1 Å². The SMILES string of the molecule is CO[C@]1(C)C[C@@H](NC(=O)c2ccccc2[N+](=O)[O-])C1(C)C. The number of benzene rings is 1. The lowest BCUT2D eigenvalue weighted by atomic mass is 9.56. The molecule has 2 rings (SSSR count). The van der Waals surface area contributed by atoms with Gasteiger partial charge in [0.1, 0.15) is 5.56 Å². The topological polar surface area (TPSA) is 81.5 Å². The van der Waals surface area contributed by atoms with Gasteiger partial charge < -0.3 is 10.1 Å². The summed E-state index contributed by atoms with van der Waals surface area (Å²) in [6.45, 7) is 6.04. The van der Waals surface area contributed by atoms with E-state index in [9.17, 15) is 14.9 Å². The van der Waals surface area contributed by atoms with Crippen molar-refractivity contribution in [3.63, 3.8) is 0 Å². The Labute approximate surface area is 123 Å². The summed E-state index contributed by atoms with van der Waals surface area (Å²) in [5.74, 6) is -0.418. The first-order valence-electron chi connectivity index (χ1n) is 6.82. The van der Waals surface area contributed by atoms with Crippen molar-refractivity contribution in [3.8, 4) is 0 Å². The van der Waals surface area contributed by atoms with Crippen LogP contribution in [0.3, 0.4) is 0 Å². The predicted octanol–water partition coefficient (Wildman–Crippen LogP) is 2.53. The van der Waals surface area contributed by atoms with Crippen LogP contribution in [0.4, 0.5) is 5.69 Å². The summed E-state index contributed by atoms with van der Waals surface area (Å²) in [7, 11) is 1.65. The third-order valence-electron chi connectivity index (χ3n) is 4.93. The molecule has 1 fully saturated rings. The van der Waals surface area contributed by atoms with Crippen molar-refractivity contribution in [2.24, 2.45) is 5.41 Å². The molecule has 0 saturated heterocycles. The van der Waals surface area contributed by atoms with Crippen LogP contribution in [0.2, 0.25) is 0 Å². The van der Waals surface area contributed by atoms with Gasteiger partial charge in [0.2, 0.25) is 0 Å². The zero-order valence-corrected chi connectivity index (χ0v) is 12.7. The quantitative estimate of drug-likeness (QED) is 0.683. The molecular weight excluding hydrogens is 272 g/mol. The fourth-order valence-corrected chi connectivity index (χ4v) is 2.78. The number of methoxy groups -OCH3 is 1. The molecule has 0 radical (unpaired) electrons. The van der Waals surface area contributed by atoms with Crippen molar-refractivity contribution >= 4 is 11.6 Å². The minimum atomic E-state index is -0.542. The highest BCUT2D eigenvalue weighted by atomic mass is 16.6. The second-order valence-electron chi connectivity index (χ2n) is 6.16. The number of amides is 1. The summed E-state index contributed by atoms with van der Waals surface area (Å²) in [4.78, 5) is 22.7. The molecule has 1 saturated carbocycles. The number of nitro groups is 1. The number of hydrogen-bond donors (Lipinski definition) is 1.